The molecule has 1 N–H and O–H groups in total. The molecule has 0 bridgehead atoms. The fraction of sp³-hybridized carbons (Fsp3) is 0.429. The second-order valence-electron chi connectivity index (χ2n) is 7.71. The van der Waals surface area contributed by atoms with E-state index in [-0.39, 0.29) is 22.3 Å². The molecule has 10 heteroatoms. The summed E-state index contributed by atoms with van der Waals surface area (Å²) < 4.78 is 1.66. The zero-order chi connectivity index (χ0) is 22.3. The minimum absolute atomic E-state index is 0.0166. The van der Waals surface area contributed by atoms with Crippen LogP contribution in [0.3, 0.4) is 0 Å². The number of hydrogen-bond acceptors (Lipinski definition) is 6. The zero-order valence-electron chi connectivity index (χ0n) is 17.4. The van der Waals surface area contributed by atoms with E-state index in [1.807, 2.05) is 6.92 Å². The van der Waals surface area contributed by atoms with Gasteiger partial charge in [0, 0.05) is 17.6 Å². The summed E-state index contributed by atoms with van der Waals surface area (Å²) in [5.74, 6) is 0.595. The first-order valence-corrected chi connectivity index (χ1v) is 12.6. The van der Waals surface area contributed by atoms with Crippen LogP contribution in [-0.2, 0) is 24.2 Å². The first kappa shape index (κ1) is 22.6. The molecule has 6 nitrogen and oxygen atoms in total. The second-order valence-corrected chi connectivity index (χ2v) is 10.9. The average Bonchev–Trinajstić information content (AvgIpc) is 3.07. The van der Waals surface area contributed by atoms with Gasteiger partial charge in [-0.2, -0.15) is 0 Å². The van der Waals surface area contributed by atoms with Crippen molar-refractivity contribution in [3.8, 4) is 0 Å². The van der Waals surface area contributed by atoms with E-state index in [0.717, 1.165) is 29.5 Å². The number of amides is 1. The Kier molecular flexibility index (Phi) is 6.62. The predicted molar refractivity (Wildman–Crippen MR) is 129 cm³/mol. The maximum absolute atomic E-state index is 13.3. The molecule has 0 aliphatic heterocycles. The van der Waals surface area contributed by atoms with Crippen molar-refractivity contribution in [2.45, 2.75) is 57.0 Å². The van der Waals surface area contributed by atoms with Gasteiger partial charge in [0.25, 0.3) is 5.56 Å². The van der Waals surface area contributed by atoms with Gasteiger partial charge >= 0.3 is 0 Å². The van der Waals surface area contributed by atoms with Gasteiger partial charge in [-0.1, -0.05) is 41.9 Å². The van der Waals surface area contributed by atoms with Gasteiger partial charge in [0.05, 0.1) is 20.7 Å². The third kappa shape index (κ3) is 4.49. The number of nitrogens with zero attached hydrogens (tertiary/aromatic N) is 3. The standard InChI is InChI=1S/C21H22Cl2N4O2S2/c1-4-27-20(29)16-13-6-5-10(2)7-15(13)31-19(16)26-21(27)30-11(3)18(28)25-17-14(23)8-12(22)9-24-17/h8-11H,4-7H2,1-3H3,(H,24,25,28). The monoisotopic (exact) mass is 496 g/mol. The number of hydrogen-bond donors (Lipinski definition) is 1. The van der Waals surface area contributed by atoms with E-state index < -0.39 is 5.25 Å². The summed E-state index contributed by atoms with van der Waals surface area (Å²) in [7, 11) is 0. The lowest BCUT2D eigenvalue weighted by atomic mass is 9.89. The molecule has 0 radical (unpaired) electrons. The number of carbonyl (C=O) groups excluding carboxylic acids is 1. The van der Waals surface area contributed by atoms with E-state index in [4.69, 9.17) is 28.2 Å². The molecule has 164 valence electrons. The smallest absolute Gasteiger partial charge is 0.263 e. The third-order valence-corrected chi connectivity index (χ3v) is 8.13. The van der Waals surface area contributed by atoms with Crippen LogP contribution in [-0.4, -0.2) is 25.7 Å². The van der Waals surface area contributed by atoms with Crippen LogP contribution in [0.15, 0.2) is 22.2 Å². The number of fused-ring (bicyclic) bond motifs is 3. The van der Waals surface area contributed by atoms with Crippen LogP contribution in [0.2, 0.25) is 10.0 Å². The van der Waals surface area contributed by atoms with E-state index in [0.29, 0.717) is 22.6 Å². The van der Waals surface area contributed by atoms with E-state index >= 15 is 0 Å². The normalized spacial score (nSPS) is 16.9. The highest BCUT2D eigenvalue weighted by atomic mass is 35.5. The van der Waals surface area contributed by atoms with Crippen molar-refractivity contribution in [2.24, 2.45) is 5.92 Å². The molecule has 0 saturated heterocycles. The Labute approximate surface area is 198 Å². The first-order chi connectivity index (χ1) is 14.8. The molecule has 3 aromatic heterocycles. The molecule has 2 atom stereocenters. The first-order valence-electron chi connectivity index (χ1n) is 10.1. The summed E-state index contributed by atoms with van der Waals surface area (Å²) in [6.07, 6.45) is 4.44. The highest BCUT2D eigenvalue weighted by Gasteiger charge is 2.26. The summed E-state index contributed by atoms with van der Waals surface area (Å²) in [6.45, 7) is 6.42. The number of aromatic nitrogens is 3. The molecule has 0 saturated carbocycles. The van der Waals surface area contributed by atoms with E-state index in [2.05, 4.69) is 17.2 Å². The molecular formula is C21H22Cl2N4O2S2. The summed E-state index contributed by atoms with van der Waals surface area (Å²) in [5, 5.41) is 4.17. The Balaban J connectivity index is 1.63. The predicted octanol–water partition coefficient (Wildman–Crippen LogP) is 5.42. The van der Waals surface area contributed by atoms with Crippen molar-refractivity contribution in [1.29, 1.82) is 0 Å². The number of thiophene rings is 1. The number of rotatable bonds is 5. The van der Waals surface area contributed by atoms with Gasteiger partial charge < -0.3 is 5.32 Å². The minimum Gasteiger partial charge on any atom is -0.308 e. The van der Waals surface area contributed by atoms with Crippen LogP contribution in [0.4, 0.5) is 5.82 Å². The molecule has 0 spiro atoms. The quantitative estimate of drug-likeness (QED) is 0.376. The molecule has 2 unspecified atom stereocenters. The maximum Gasteiger partial charge on any atom is 0.263 e. The average molecular weight is 497 g/mol. The van der Waals surface area contributed by atoms with Crippen LogP contribution >= 0.6 is 46.3 Å². The van der Waals surface area contributed by atoms with Crippen LogP contribution < -0.4 is 10.9 Å². The molecule has 31 heavy (non-hydrogen) atoms. The maximum atomic E-state index is 13.3. The number of nitrogens with one attached hydrogen (secondary N) is 1. The van der Waals surface area contributed by atoms with Gasteiger partial charge in [0.1, 0.15) is 4.83 Å². The van der Waals surface area contributed by atoms with Crippen molar-refractivity contribution in [3.05, 3.63) is 43.1 Å². The largest absolute Gasteiger partial charge is 0.308 e. The lowest BCUT2D eigenvalue weighted by molar-refractivity contribution is -0.115. The van der Waals surface area contributed by atoms with Gasteiger partial charge in [-0.3, -0.25) is 14.2 Å². The van der Waals surface area contributed by atoms with Crippen molar-refractivity contribution < 1.29 is 4.79 Å². The Bertz CT molecular complexity index is 1220. The fourth-order valence-corrected chi connectivity index (χ4v) is 6.53. The molecule has 3 aromatic rings. The summed E-state index contributed by atoms with van der Waals surface area (Å²) in [5.41, 5.74) is 1.15. The van der Waals surface area contributed by atoms with Gasteiger partial charge in [-0.05, 0) is 50.7 Å². The van der Waals surface area contributed by atoms with Crippen LogP contribution in [0.25, 0.3) is 10.2 Å². The number of pyridine rings is 1. The highest BCUT2D eigenvalue weighted by Crippen LogP contribution is 2.37. The van der Waals surface area contributed by atoms with Gasteiger partial charge in [0.15, 0.2) is 11.0 Å². The van der Waals surface area contributed by atoms with Crippen LogP contribution in [0, 0.1) is 5.92 Å². The van der Waals surface area contributed by atoms with E-state index in [1.165, 1.54) is 34.5 Å². The van der Waals surface area contributed by atoms with Gasteiger partial charge in [0.2, 0.25) is 5.91 Å². The summed E-state index contributed by atoms with van der Waals surface area (Å²) in [4.78, 5) is 36.9. The molecule has 1 aliphatic carbocycles. The second kappa shape index (κ2) is 9.10. The Hall–Kier alpha value is -1.61. The zero-order valence-corrected chi connectivity index (χ0v) is 20.5. The molecule has 4 rings (SSSR count). The number of halogens is 2. The Morgan fingerprint density at radius 3 is 2.94 bits per heavy atom. The topological polar surface area (TPSA) is 76.9 Å². The number of anilines is 1. The van der Waals surface area contributed by atoms with Crippen LogP contribution in [0.1, 0.15) is 37.6 Å². The van der Waals surface area contributed by atoms with Gasteiger partial charge in [-0.25, -0.2) is 9.97 Å². The van der Waals surface area contributed by atoms with Crippen molar-refractivity contribution >= 4 is 68.2 Å². The lowest BCUT2D eigenvalue weighted by Crippen LogP contribution is -2.27. The highest BCUT2D eigenvalue weighted by molar-refractivity contribution is 8.00. The molecule has 0 fully saturated rings. The summed E-state index contributed by atoms with van der Waals surface area (Å²) >= 11 is 14.8. The molecule has 1 amide bonds. The SMILES string of the molecule is CCn1c(SC(C)C(=O)Nc2ncc(Cl)cc2Cl)nc2sc3c(c2c1=O)CCC(C)C3. The number of aryl methyl sites for hydroxylation is 1. The van der Waals surface area contributed by atoms with Crippen molar-refractivity contribution in [2.75, 3.05) is 5.32 Å². The summed E-state index contributed by atoms with van der Waals surface area (Å²) in [6, 6.07) is 1.52. The molecular weight excluding hydrogens is 475 g/mol. The molecule has 1 aliphatic rings. The van der Waals surface area contributed by atoms with Crippen LogP contribution in [0.5, 0.6) is 0 Å². The van der Waals surface area contributed by atoms with Crippen molar-refractivity contribution in [3.63, 3.8) is 0 Å². The number of carbonyl (C=O) groups is 1. The minimum atomic E-state index is -0.509. The molecule has 0 aromatic carbocycles. The van der Waals surface area contributed by atoms with Gasteiger partial charge in [-0.15, -0.1) is 11.3 Å². The van der Waals surface area contributed by atoms with E-state index in [9.17, 15) is 9.59 Å². The van der Waals surface area contributed by atoms with Crippen molar-refractivity contribution in [1.82, 2.24) is 14.5 Å². The Morgan fingerprint density at radius 2 is 2.23 bits per heavy atom. The molecule has 3 heterocycles. The van der Waals surface area contributed by atoms with E-state index in [1.54, 1.807) is 22.8 Å². The lowest BCUT2D eigenvalue weighted by Gasteiger charge is -2.18. The number of thioether (sulfide) groups is 1. The Morgan fingerprint density at radius 1 is 1.45 bits per heavy atom. The fourth-order valence-electron chi connectivity index (χ4n) is 3.71. The third-order valence-electron chi connectivity index (χ3n) is 5.40.